The Kier molecular flexibility index (Phi) is 3.32. The highest BCUT2D eigenvalue weighted by Gasteiger charge is 2.21. The van der Waals surface area contributed by atoms with Gasteiger partial charge in [0.2, 0.25) is 0 Å². The summed E-state index contributed by atoms with van der Waals surface area (Å²) in [6.07, 6.45) is 3.14. The quantitative estimate of drug-likeness (QED) is 0.634. The largest absolute Gasteiger partial charge is 0.485 e. The van der Waals surface area contributed by atoms with Gasteiger partial charge in [-0.05, 0) is 18.2 Å². The van der Waals surface area contributed by atoms with Crippen molar-refractivity contribution >= 4 is 17.4 Å². The number of nitrogens with zero attached hydrogens (tertiary/aromatic N) is 1. The zero-order valence-electron chi connectivity index (χ0n) is 10.6. The predicted octanol–water partition coefficient (Wildman–Crippen LogP) is 3.87. The van der Waals surface area contributed by atoms with E-state index in [4.69, 9.17) is 19.2 Å². The van der Waals surface area contributed by atoms with Crippen LogP contribution in [0.1, 0.15) is 5.76 Å². The maximum Gasteiger partial charge on any atom is 0.183 e. The number of ether oxygens (including phenoxy) is 2. The van der Waals surface area contributed by atoms with Crippen molar-refractivity contribution in [1.82, 2.24) is 0 Å². The van der Waals surface area contributed by atoms with Gasteiger partial charge in [0.25, 0.3) is 0 Å². The maximum absolute atomic E-state index is 8.87. The first kappa shape index (κ1) is 12.6. The summed E-state index contributed by atoms with van der Waals surface area (Å²) in [5.74, 6) is 2.80. The van der Waals surface area contributed by atoms with Crippen molar-refractivity contribution in [3.8, 4) is 28.2 Å². The molecule has 0 spiro atoms. The third-order valence-electron chi connectivity index (χ3n) is 2.80. The zero-order valence-corrected chi connectivity index (χ0v) is 11.4. The summed E-state index contributed by atoms with van der Waals surface area (Å²) in [6.45, 7) is 4.69. The van der Waals surface area contributed by atoms with Crippen LogP contribution in [0.3, 0.4) is 0 Å². The fourth-order valence-corrected chi connectivity index (χ4v) is 2.77. The average Bonchev–Trinajstić information content (AvgIpc) is 3.11. The fourth-order valence-electron chi connectivity index (χ4n) is 1.88. The summed E-state index contributed by atoms with van der Waals surface area (Å²) in [5, 5.41) is 10.8. The summed E-state index contributed by atoms with van der Waals surface area (Å²) in [5.41, 5.74) is 0.457. The minimum absolute atomic E-state index is 0.457. The predicted molar refractivity (Wildman–Crippen MR) is 76.8 cm³/mol. The van der Waals surface area contributed by atoms with Gasteiger partial charge in [-0.1, -0.05) is 12.7 Å². The van der Waals surface area contributed by atoms with Gasteiger partial charge >= 0.3 is 0 Å². The van der Waals surface area contributed by atoms with Crippen LogP contribution in [-0.4, -0.2) is 13.2 Å². The minimum atomic E-state index is 0.457. The van der Waals surface area contributed by atoms with Gasteiger partial charge in [0.15, 0.2) is 11.5 Å². The van der Waals surface area contributed by atoms with Crippen LogP contribution in [0.4, 0.5) is 0 Å². The lowest BCUT2D eigenvalue weighted by molar-refractivity contribution is 0.174. The Morgan fingerprint density at radius 2 is 2.20 bits per heavy atom. The Morgan fingerprint density at radius 1 is 1.35 bits per heavy atom. The van der Waals surface area contributed by atoms with Gasteiger partial charge in [-0.2, -0.15) is 5.26 Å². The molecule has 0 amide bonds. The molecule has 0 saturated carbocycles. The second-order valence-corrected chi connectivity index (χ2v) is 4.95. The molecule has 20 heavy (non-hydrogen) atoms. The molecule has 3 rings (SSSR count). The minimum Gasteiger partial charge on any atom is -0.485 e. The second-order valence-electron chi connectivity index (χ2n) is 4.07. The van der Waals surface area contributed by atoms with Crippen LogP contribution in [-0.2, 0) is 0 Å². The van der Waals surface area contributed by atoms with E-state index in [0.717, 1.165) is 16.4 Å². The van der Waals surface area contributed by atoms with E-state index >= 15 is 0 Å². The zero-order chi connectivity index (χ0) is 13.9. The fraction of sp³-hybridized carbons (Fsp3) is 0.133. The number of hydrogen-bond donors (Lipinski definition) is 0. The van der Waals surface area contributed by atoms with Crippen LogP contribution in [0.5, 0.6) is 11.5 Å². The Balaban J connectivity index is 1.95. The first-order chi connectivity index (χ1) is 9.81. The van der Waals surface area contributed by atoms with E-state index in [-0.39, 0.29) is 0 Å². The van der Waals surface area contributed by atoms with Crippen LogP contribution < -0.4 is 9.47 Å². The van der Waals surface area contributed by atoms with Crippen LogP contribution in [0, 0.1) is 11.3 Å². The van der Waals surface area contributed by atoms with E-state index in [2.05, 4.69) is 6.58 Å². The van der Waals surface area contributed by atoms with Gasteiger partial charge in [0, 0.05) is 5.38 Å². The molecule has 1 aliphatic rings. The Bertz CT molecular complexity index is 718. The summed E-state index contributed by atoms with van der Waals surface area (Å²) in [7, 11) is 0. The highest BCUT2D eigenvalue weighted by atomic mass is 32.1. The lowest BCUT2D eigenvalue weighted by Gasteiger charge is -2.15. The summed E-state index contributed by atoms with van der Waals surface area (Å²) < 4.78 is 16.9. The molecule has 5 heteroatoms. The van der Waals surface area contributed by atoms with Gasteiger partial charge in [-0.3, -0.25) is 0 Å². The SMILES string of the molecule is C=C/C(C#N)=C/c1ccc(-c2scc3c2OCCO3)o1. The first-order valence-corrected chi connectivity index (χ1v) is 6.91. The maximum atomic E-state index is 8.87. The molecule has 4 nitrogen and oxygen atoms in total. The molecule has 0 N–H and O–H groups in total. The van der Waals surface area contributed by atoms with Gasteiger partial charge in [0.1, 0.15) is 29.6 Å². The number of nitriles is 1. The molecule has 0 fully saturated rings. The van der Waals surface area contributed by atoms with Gasteiger partial charge in [0.05, 0.1) is 11.6 Å². The number of furan rings is 1. The molecule has 0 aliphatic carbocycles. The van der Waals surface area contributed by atoms with E-state index in [1.807, 2.05) is 23.6 Å². The molecular formula is C15H11NO3S. The summed E-state index contributed by atoms with van der Waals surface area (Å²) in [6, 6.07) is 5.70. The molecule has 0 saturated heterocycles. The van der Waals surface area contributed by atoms with Crippen molar-refractivity contribution in [3.63, 3.8) is 0 Å². The molecule has 100 valence electrons. The van der Waals surface area contributed by atoms with Crippen molar-refractivity contribution < 1.29 is 13.9 Å². The molecule has 2 aromatic rings. The van der Waals surface area contributed by atoms with E-state index in [9.17, 15) is 0 Å². The third kappa shape index (κ3) is 2.22. The second kappa shape index (κ2) is 5.27. The molecule has 0 atom stereocenters. The number of fused-ring (bicyclic) bond motifs is 1. The molecule has 0 aromatic carbocycles. The lowest BCUT2D eigenvalue weighted by Crippen LogP contribution is -2.14. The van der Waals surface area contributed by atoms with Gasteiger partial charge < -0.3 is 13.9 Å². The van der Waals surface area contributed by atoms with Crippen molar-refractivity contribution in [3.05, 3.63) is 41.5 Å². The lowest BCUT2D eigenvalue weighted by atomic mass is 10.2. The van der Waals surface area contributed by atoms with Gasteiger partial charge in [-0.15, -0.1) is 11.3 Å². The first-order valence-electron chi connectivity index (χ1n) is 6.03. The number of thiophene rings is 1. The highest BCUT2D eigenvalue weighted by Crippen LogP contribution is 2.45. The van der Waals surface area contributed by atoms with Crippen molar-refractivity contribution in [2.45, 2.75) is 0 Å². The molecule has 0 bridgehead atoms. The van der Waals surface area contributed by atoms with Crippen LogP contribution in [0.2, 0.25) is 0 Å². The number of rotatable bonds is 3. The van der Waals surface area contributed by atoms with Crippen molar-refractivity contribution in [2.24, 2.45) is 0 Å². The summed E-state index contributed by atoms with van der Waals surface area (Å²) in [4.78, 5) is 0.900. The van der Waals surface area contributed by atoms with E-state index < -0.39 is 0 Å². The van der Waals surface area contributed by atoms with E-state index in [1.54, 1.807) is 6.08 Å². The van der Waals surface area contributed by atoms with Crippen molar-refractivity contribution in [1.29, 1.82) is 5.26 Å². The third-order valence-corrected chi connectivity index (χ3v) is 3.75. The topological polar surface area (TPSA) is 55.4 Å². The van der Waals surface area contributed by atoms with Crippen LogP contribution >= 0.6 is 11.3 Å². The van der Waals surface area contributed by atoms with E-state index in [1.165, 1.54) is 17.4 Å². The Hall–Kier alpha value is -2.45. The number of allylic oxidation sites excluding steroid dienone is 2. The molecule has 0 radical (unpaired) electrons. The molecule has 2 aromatic heterocycles. The Labute approximate surface area is 120 Å². The van der Waals surface area contributed by atoms with E-state index in [0.29, 0.717) is 30.3 Å². The molecular weight excluding hydrogens is 274 g/mol. The Morgan fingerprint density at radius 3 is 3.00 bits per heavy atom. The van der Waals surface area contributed by atoms with Crippen molar-refractivity contribution in [2.75, 3.05) is 13.2 Å². The molecule has 1 aliphatic heterocycles. The normalized spacial score (nSPS) is 13.8. The standard InChI is InChI=1S/C15H11NO3S/c1-2-10(8-16)7-11-3-4-12(19-11)15-14-13(9-20-15)17-5-6-18-14/h2-4,7,9H,1,5-6H2/b10-7-. The average molecular weight is 285 g/mol. The molecule has 0 unspecified atom stereocenters. The summed E-state index contributed by atoms with van der Waals surface area (Å²) >= 11 is 1.51. The van der Waals surface area contributed by atoms with Crippen LogP contribution in [0.25, 0.3) is 16.7 Å². The molecule has 3 heterocycles. The smallest absolute Gasteiger partial charge is 0.183 e. The number of hydrogen-bond acceptors (Lipinski definition) is 5. The highest BCUT2D eigenvalue weighted by molar-refractivity contribution is 7.14. The monoisotopic (exact) mass is 285 g/mol. The van der Waals surface area contributed by atoms with Crippen LogP contribution in [0.15, 0.2) is 40.2 Å². The van der Waals surface area contributed by atoms with Gasteiger partial charge in [-0.25, -0.2) is 0 Å².